The van der Waals surface area contributed by atoms with Gasteiger partial charge in [0.05, 0.1) is 24.3 Å². The Balaban J connectivity index is 1.74. The lowest BCUT2D eigenvalue weighted by Crippen LogP contribution is -2.33. The number of ketones is 1. The van der Waals surface area contributed by atoms with Crippen LogP contribution < -0.4 is 9.47 Å². The summed E-state index contributed by atoms with van der Waals surface area (Å²) in [5, 5.41) is 11.4. The van der Waals surface area contributed by atoms with E-state index in [0.29, 0.717) is 29.2 Å². The highest BCUT2D eigenvalue weighted by atomic mass is 16.5. The highest BCUT2D eigenvalue weighted by Crippen LogP contribution is 2.43. The fraction of sp³-hybridized carbons (Fsp3) is 0.290. The molecule has 0 saturated carbocycles. The van der Waals surface area contributed by atoms with Crippen LogP contribution in [-0.4, -0.2) is 48.1 Å². The second-order valence-electron chi connectivity index (χ2n) is 9.44. The Morgan fingerprint density at radius 1 is 0.974 bits per heavy atom. The number of hydrogen-bond acceptors (Lipinski definition) is 6. The van der Waals surface area contributed by atoms with Gasteiger partial charge in [-0.3, -0.25) is 9.59 Å². The molecule has 1 fully saturated rings. The second-order valence-corrected chi connectivity index (χ2v) is 9.44. The number of Topliss-reactive ketones (excluding diaryl/α,β-unsaturated/α-hetero) is 1. The van der Waals surface area contributed by atoms with Gasteiger partial charge in [-0.1, -0.05) is 48.5 Å². The van der Waals surface area contributed by atoms with Crippen molar-refractivity contribution in [1.82, 2.24) is 4.90 Å². The zero-order chi connectivity index (χ0) is 27.2. The van der Waals surface area contributed by atoms with E-state index in [1.54, 1.807) is 24.3 Å². The zero-order valence-electron chi connectivity index (χ0n) is 22.1. The van der Waals surface area contributed by atoms with Crippen molar-refractivity contribution in [2.45, 2.75) is 39.5 Å². The predicted molar refractivity (Wildman–Crippen MR) is 145 cm³/mol. The molecule has 0 radical (unpaired) electrons. The minimum absolute atomic E-state index is 0.0169. The SMILES string of the molecule is COCCN1C(=O)C(=O)/C(=C(\O)c2ccc(OCc3ccccc3)c(C)c2)C1c1ccccc1OC(C)C. The van der Waals surface area contributed by atoms with Gasteiger partial charge in [-0.05, 0) is 56.2 Å². The third-order valence-corrected chi connectivity index (χ3v) is 6.34. The van der Waals surface area contributed by atoms with Gasteiger partial charge in [0.1, 0.15) is 23.9 Å². The van der Waals surface area contributed by atoms with Gasteiger partial charge in [0.25, 0.3) is 11.7 Å². The number of carbonyl (C=O) groups is 2. The summed E-state index contributed by atoms with van der Waals surface area (Å²) < 4.78 is 17.2. The van der Waals surface area contributed by atoms with Crippen molar-refractivity contribution >= 4 is 17.4 Å². The number of nitrogens with zero attached hydrogens (tertiary/aromatic N) is 1. The normalized spacial score (nSPS) is 16.8. The number of ether oxygens (including phenoxy) is 3. The molecule has 1 heterocycles. The molecule has 0 bridgehead atoms. The first-order chi connectivity index (χ1) is 18.3. The number of likely N-dealkylation sites (tertiary alicyclic amines) is 1. The molecule has 1 saturated heterocycles. The first kappa shape index (κ1) is 26.9. The summed E-state index contributed by atoms with van der Waals surface area (Å²) in [5.41, 5.74) is 2.89. The number of methoxy groups -OCH3 is 1. The summed E-state index contributed by atoms with van der Waals surface area (Å²) in [4.78, 5) is 27.9. The number of hydrogen-bond donors (Lipinski definition) is 1. The molecular weight excluding hydrogens is 482 g/mol. The minimum atomic E-state index is -0.825. The summed E-state index contributed by atoms with van der Waals surface area (Å²) in [7, 11) is 1.53. The van der Waals surface area contributed by atoms with E-state index < -0.39 is 17.7 Å². The average molecular weight is 516 g/mol. The number of aliphatic hydroxyl groups excluding tert-OH is 1. The molecule has 7 nitrogen and oxygen atoms in total. The van der Waals surface area contributed by atoms with E-state index in [-0.39, 0.29) is 30.6 Å². The third kappa shape index (κ3) is 5.73. The molecule has 7 heteroatoms. The molecule has 0 aliphatic carbocycles. The number of aryl methyl sites for hydroxylation is 1. The van der Waals surface area contributed by atoms with Crippen LogP contribution in [-0.2, 0) is 20.9 Å². The maximum atomic E-state index is 13.3. The van der Waals surface area contributed by atoms with Crippen molar-refractivity contribution in [2.75, 3.05) is 20.3 Å². The number of aliphatic hydroxyl groups is 1. The molecule has 0 aromatic heterocycles. The maximum Gasteiger partial charge on any atom is 0.295 e. The molecule has 1 aliphatic heterocycles. The third-order valence-electron chi connectivity index (χ3n) is 6.34. The first-order valence-corrected chi connectivity index (χ1v) is 12.6. The summed E-state index contributed by atoms with van der Waals surface area (Å²) in [6.07, 6.45) is -0.122. The Kier molecular flexibility index (Phi) is 8.48. The monoisotopic (exact) mass is 515 g/mol. The standard InChI is InChI=1S/C31H33NO6/c1-20(2)38-26-13-9-8-12-24(26)28-27(30(34)31(35)32(28)16-17-36-4)29(33)23-14-15-25(21(3)18-23)37-19-22-10-6-5-7-11-22/h5-15,18,20,28,33H,16-17,19H2,1-4H3/b29-27-. The van der Waals surface area contributed by atoms with Crippen LogP contribution in [0.3, 0.4) is 0 Å². The molecule has 1 atom stereocenters. The Morgan fingerprint density at radius 3 is 2.37 bits per heavy atom. The molecule has 4 rings (SSSR count). The van der Waals surface area contributed by atoms with Crippen molar-refractivity contribution in [1.29, 1.82) is 0 Å². The smallest absolute Gasteiger partial charge is 0.295 e. The Labute approximate surface area is 223 Å². The van der Waals surface area contributed by atoms with Crippen LogP contribution in [0.2, 0.25) is 0 Å². The van der Waals surface area contributed by atoms with E-state index in [2.05, 4.69) is 0 Å². The van der Waals surface area contributed by atoms with Crippen molar-refractivity contribution in [3.05, 3.63) is 101 Å². The number of benzene rings is 3. The lowest BCUT2D eigenvalue weighted by Gasteiger charge is -2.27. The lowest BCUT2D eigenvalue weighted by molar-refractivity contribution is -0.140. The minimum Gasteiger partial charge on any atom is -0.507 e. The summed E-state index contributed by atoms with van der Waals surface area (Å²) in [5.74, 6) is -0.468. The van der Waals surface area contributed by atoms with Crippen molar-refractivity contribution in [3.63, 3.8) is 0 Å². The van der Waals surface area contributed by atoms with Crippen molar-refractivity contribution < 1.29 is 28.9 Å². The van der Waals surface area contributed by atoms with Gasteiger partial charge in [-0.25, -0.2) is 0 Å². The van der Waals surface area contributed by atoms with Crippen molar-refractivity contribution in [2.24, 2.45) is 0 Å². The average Bonchev–Trinajstić information content (AvgIpc) is 3.16. The van der Waals surface area contributed by atoms with Gasteiger partial charge in [-0.15, -0.1) is 0 Å². The summed E-state index contributed by atoms with van der Waals surface area (Å²) in [6, 6.07) is 21.5. The first-order valence-electron chi connectivity index (χ1n) is 12.6. The van der Waals surface area contributed by atoms with Crippen LogP contribution in [0.5, 0.6) is 11.5 Å². The Morgan fingerprint density at radius 2 is 1.68 bits per heavy atom. The van der Waals surface area contributed by atoms with E-state index in [9.17, 15) is 14.7 Å². The molecule has 1 N–H and O–H groups in total. The Hall–Kier alpha value is -4.10. The van der Waals surface area contributed by atoms with Gasteiger partial charge < -0.3 is 24.2 Å². The van der Waals surface area contributed by atoms with Crippen LogP contribution in [0.4, 0.5) is 0 Å². The Bertz CT molecular complexity index is 1330. The number of carbonyl (C=O) groups excluding carboxylic acids is 2. The fourth-order valence-electron chi connectivity index (χ4n) is 4.54. The number of rotatable bonds is 10. The highest BCUT2D eigenvalue weighted by Gasteiger charge is 2.47. The molecule has 1 aliphatic rings. The van der Waals surface area contributed by atoms with Gasteiger partial charge in [-0.2, -0.15) is 0 Å². The highest BCUT2D eigenvalue weighted by molar-refractivity contribution is 6.46. The topological polar surface area (TPSA) is 85.3 Å². The summed E-state index contributed by atoms with van der Waals surface area (Å²) >= 11 is 0. The zero-order valence-corrected chi connectivity index (χ0v) is 22.1. The maximum absolute atomic E-state index is 13.3. The molecule has 1 amide bonds. The van der Waals surface area contributed by atoms with E-state index in [1.807, 2.05) is 69.3 Å². The molecule has 0 spiro atoms. The molecule has 3 aromatic rings. The predicted octanol–water partition coefficient (Wildman–Crippen LogP) is 5.43. The molecule has 1 unspecified atom stereocenters. The van der Waals surface area contributed by atoms with Crippen molar-refractivity contribution in [3.8, 4) is 11.5 Å². The van der Waals surface area contributed by atoms with E-state index in [4.69, 9.17) is 14.2 Å². The quantitative estimate of drug-likeness (QED) is 0.220. The molecule has 3 aromatic carbocycles. The van der Waals surface area contributed by atoms with E-state index in [0.717, 1.165) is 11.1 Å². The van der Waals surface area contributed by atoms with Crippen LogP contribution >= 0.6 is 0 Å². The fourth-order valence-corrected chi connectivity index (χ4v) is 4.54. The van der Waals surface area contributed by atoms with Gasteiger partial charge >= 0.3 is 0 Å². The lowest BCUT2D eigenvalue weighted by atomic mass is 9.94. The summed E-state index contributed by atoms with van der Waals surface area (Å²) in [6.45, 7) is 6.51. The largest absolute Gasteiger partial charge is 0.507 e. The number of para-hydroxylation sites is 1. The van der Waals surface area contributed by atoms with Crippen LogP contribution in [0.1, 0.15) is 42.1 Å². The van der Waals surface area contributed by atoms with Crippen LogP contribution in [0.25, 0.3) is 5.76 Å². The second kappa shape index (κ2) is 12.0. The van der Waals surface area contributed by atoms with Gasteiger partial charge in [0, 0.05) is 24.8 Å². The van der Waals surface area contributed by atoms with E-state index in [1.165, 1.54) is 12.0 Å². The molecule has 198 valence electrons. The van der Waals surface area contributed by atoms with Gasteiger partial charge in [0.2, 0.25) is 0 Å². The molecule has 38 heavy (non-hydrogen) atoms. The molecular formula is C31H33NO6. The van der Waals surface area contributed by atoms with Crippen LogP contribution in [0, 0.1) is 6.92 Å². The van der Waals surface area contributed by atoms with E-state index >= 15 is 0 Å². The van der Waals surface area contributed by atoms with Crippen LogP contribution in [0.15, 0.2) is 78.4 Å². The number of amides is 1. The van der Waals surface area contributed by atoms with Gasteiger partial charge in [0.15, 0.2) is 0 Å².